The maximum absolute atomic E-state index is 12.4. The van der Waals surface area contributed by atoms with Crippen molar-refractivity contribution in [2.24, 2.45) is 0 Å². The summed E-state index contributed by atoms with van der Waals surface area (Å²) in [5.41, 5.74) is 0. The van der Waals surface area contributed by atoms with Crippen molar-refractivity contribution in [1.29, 1.82) is 0 Å². The molecular formula is C12H30O13P4. The average molecular weight is 506 g/mol. The molecule has 0 aromatic rings. The molecule has 2 N–H and O–H groups in total. The second kappa shape index (κ2) is 13.9. The van der Waals surface area contributed by atoms with Crippen LogP contribution in [0.15, 0.2) is 0 Å². The zero-order valence-corrected chi connectivity index (χ0v) is 20.4. The number of phosphoric acid groups is 4. The predicted molar refractivity (Wildman–Crippen MR) is 103 cm³/mol. The Morgan fingerprint density at radius 1 is 0.517 bits per heavy atom. The first kappa shape index (κ1) is 29.6. The van der Waals surface area contributed by atoms with Gasteiger partial charge in [-0.15, -0.1) is 0 Å². The van der Waals surface area contributed by atoms with Crippen LogP contribution in [0.2, 0.25) is 0 Å². The molecule has 17 heteroatoms. The van der Waals surface area contributed by atoms with E-state index in [9.17, 15) is 28.0 Å². The minimum atomic E-state index is -5.54. The van der Waals surface area contributed by atoms with E-state index in [-0.39, 0.29) is 26.4 Å². The smallest absolute Gasteiger partial charge is 0.302 e. The highest BCUT2D eigenvalue weighted by Crippen LogP contribution is 2.73. The standard InChI is InChI=1S/C12H30O13P4/c1-5-9-19-28(17,20-10-6-2)24-26(13,14)23-27(15,16)25-29(18,21-11-7-3)22-12-8-4/h5-12H2,1-4H3,(H,13,14)(H,15,16). The summed E-state index contributed by atoms with van der Waals surface area (Å²) >= 11 is 0. The molecule has 13 nitrogen and oxygen atoms in total. The quantitative estimate of drug-likeness (QED) is 0.234. The van der Waals surface area contributed by atoms with Crippen molar-refractivity contribution in [2.75, 3.05) is 26.4 Å². The van der Waals surface area contributed by atoms with E-state index in [0.717, 1.165) is 0 Å². The molecule has 0 bridgehead atoms. The Balaban J connectivity index is 5.32. The van der Waals surface area contributed by atoms with E-state index in [2.05, 4.69) is 12.9 Å². The van der Waals surface area contributed by atoms with E-state index < -0.39 is 31.3 Å². The summed E-state index contributed by atoms with van der Waals surface area (Å²) < 4.78 is 81.0. The lowest BCUT2D eigenvalue weighted by Gasteiger charge is -2.23. The monoisotopic (exact) mass is 506 g/mol. The molecule has 0 rings (SSSR count). The molecule has 0 spiro atoms. The van der Waals surface area contributed by atoms with Crippen molar-refractivity contribution in [3.05, 3.63) is 0 Å². The second-order valence-electron chi connectivity index (χ2n) is 5.41. The minimum absolute atomic E-state index is 0.154. The number of hydrogen-bond donors (Lipinski definition) is 2. The average Bonchev–Trinajstić information content (AvgIpc) is 2.59. The molecular weight excluding hydrogens is 476 g/mol. The van der Waals surface area contributed by atoms with Gasteiger partial charge < -0.3 is 9.79 Å². The molecule has 0 fully saturated rings. The lowest BCUT2D eigenvalue weighted by molar-refractivity contribution is 0.128. The molecule has 0 saturated heterocycles. The van der Waals surface area contributed by atoms with Gasteiger partial charge in [0, 0.05) is 0 Å². The Hall–Kier alpha value is 0.560. The van der Waals surface area contributed by atoms with Crippen molar-refractivity contribution in [3.63, 3.8) is 0 Å². The van der Waals surface area contributed by atoms with E-state index in [4.69, 9.17) is 18.1 Å². The minimum Gasteiger partial charge on any atom is -0.302 e. The first-order valence-corrected chi connectivity index (χ1v) is 14.9. The molecule has 0 aromatic carbocycles. The molecule has 0 aliphatic heterocycles. The highest BCUT2D eigenvalue weighted by molar-refractivity contribution is 7.70. The Morgan fingerprint density at radius 3 is 0.966 bits per heavy atom. The second-order valence-corrected chi connectivity index (χ2v) is 12.1. The van der Waals surface area contributed by atoms with Crippen molar-refractivity contribution in [1.82, 2.24) is 0 Å². The number of rotatable bonds is 18. The summed E-state index contributed by atoms with van der Waals surface area (Å²) in [5, 5.41) is 0. The van der Waals surface area contributed by atoms with E-state index in [1.54, 1.807) is 27.7 Å². The molecule has 176 valence electrons. The van der Waals surface area contributed by atoms with Gasteiger partial charge >= 0.3 is 31.3 Å². The van der Waals surface area contributed by atoms with Gasteiger partial charge in [-0.2, -0.15) is 12.9 Å². The summed E-state index contributed by atoms with van der Waals surface area (Å²) in [4.78, 5) is 19.5. The van der Waals surface area contributed by atoms with E-state index in [0.29, 0.717) is 25.7 Å². The summed E-state index contributed by atoms with van der Waals surface area (Å²) in [6.45, 7) is 6.05. The van der Waals surface area contributed by atoms with Crippen LogP contribution in [0.5, 0.6) is 0 Å². The van der Waals surface area contributed by atoms with Gasteiger partial charge in [-0.1, -0.05) is 27.7 Å². The maximum atomic E-state index is 12.4. The predicted octanol–water partition coefficient (Wildman–Crippen LogP) is 5.16. The van der Waals surface area contributed by atoms with Crippen LogP contribution in [0, 0.1) is 0 Å². The third kappa shape index (κ3) is 13.6. The van der Waals surface area contributed by atoms with Crippen molar-refractivity contribution >= 4 is 31.3 Å². The van der Waals surface area contributed by atoms with Gasteiger partial charge in [-0.05, 0) is 25.7 Å². The highest BCUT2D eigenvalue weighted by atomic mass is 31.3. The van der Waals surface area contributed by atoms with Crippen LogP contribution in [0.25, 0.3) is 0 Å². The van der Waals surface area contributed by atoms with Crippen LogP contribution in [0.3, 0.4) is 0 Å². The van der Waals surface area contributed by atoms with Gasteiger partial charge in [0.25, 0.3) is 0 Å². The fourth-order valence-corrected chi connectivity index (χ4v) is 7.76. The topological polar surface area (TPSA) is 173 Å². The third-order valence-electron chi connectivity index (χ3n) is 2.43. The SMILES string of the molecule is CCCOP(=O)(OCCC)OP(=O)(O)OP(=O)(O)OP(=O)(OCCC)OCCC. The highest BCUT2D eigenvalue weighted by Gasteiger charge is 2.47. The Kier molecular flexibility index (Phi) is 14.1. The lowest BCUT2D eigenvalue weighted by Crippen LogP contribution is -2.04. The summed E-state index contributed by atoms with van der Waals surface area (Å²) in [7, 11) is -20.3. The molecule has 0 aliphatic carbocycles. The van der Waals surface area contributed by atoms with Crippen LogP contribution in [0.1, 0.15) is 53.4 Å². The zero-order valence-electron chi connectivity index (χ0n) is 16.8. The molecule has 0 radical (unpaired) electrons. The first-order valence-electron chi connectivity index (χ1n) is 8.94. The molecule has 2 atom stereocenters. The van der Waals surface area contributed by atoms with Gasteiger partial charge in [0.05, 0.1) is 26.4 Å². The van der Waals surface area contributed by atoms with Crippen molar-refractivity contribution < 1.29 is 59.1 Å². The fourth-order valence-electron chi connectivity index (χ4n) is 1.39. The Bertz CT molecular complexity index is 576. The van der Waals surface area contributed by atoms with Crippen LogP contribution < -0.4 is 0 Å². The zero-order chi connectivity index (χ0) is 22.6. The van der Waals surface area contributed by atoms with E-state index in [1.807, 2.05) is 0 Å². The van der Waals surface area contributed by atoms with Crippen LogP contribution in [0.4, 0.5) is 0 Å². The largest absolute Gasteiger partial charge is 0.490 e. The molecule has 0 amide bonds. The van der Waals surface area contributed by atoms with Crippen LogP contribution >= 0.6 is 31.3 Å². The fraction of sp³-hybridized carbons (Fsp3) is 1.00. The number of phosphoric ester groups is 2. The first-order chi connectivity index (χ1) is 13.4. The number of hydrogen-bond acceptors (Lipinski definition) is 11. The van der Waals surface area contributed by atoms with Gasteiger partial charge in [-0.3, -0.25) is 18.1 Å². The van der Waals surface area contributed by atoms with Crippen molar-refractivity contribution in [3.8, 4) is 0 Å². The van der Waals surface area contributed by atoms with E-state index in [1.165, 1.54) is 0 Å². The lowest BCUT2D eigenvalue weighted by atomic mass is 10.5. The molecule has 2 unspecified atom stereocenters. The van der Waals surface area contributed by atoms with Gasteiger partial charge in [-0.25, -0.2) is 18.3 Å². The van der Waals surface area contributed by atoms with Gasteiger partial charge in [0.15, 0.2) is 0 Å². The summed E-state index contributed by atoms with van der Waals surface area (Å²) in [6, 6.07) is 0. The third-order valence-corrected chi connectivity index (χ3v) is 9.32. The molecule has 29 heavy (non-hydrogen) atoms. The summed E-state index contributed by atoms with van der Waals surface area (Å²) in [6.07, 6.45) is 1.48. The molecule has 0 saturated carbocycles. The van der Waals surface area contributed by atoms with Gasteiger partial charge in [0.1, 0.15) is 0 Å². The molecule has 0 heterocycles. The molecule has 0 aliphatic rings. The Morgan fingerprint density at radius 2 is 0.759 bits per heavy atom. The maximum Gasteiger partial charge on any atom is 0.490 e. The van der Waals surface area contributed by atoms with Crippen LogP contribution in [-0.4, -0.2) is 36.2 Å². The molecule has 0 aromatic heterocycles. The normalized spacial score (nSPS) is 17.0. The van der Waals surface area contributed by atoms with Gasteiger partial charge in [0.2, 0.25) is 0 Å². The summed E-state index contributed by atoms with van der Waals surface area (Å²) in [5.74, 6) is 0. The van der Waals surface area contributed by atoms with Crippen molar-refractivity contribution in [2.45, 2.75) is 53.4 Å². The Labute approximate surface area is 170 Å². The van der Waals surface area contributed by atoms with E-state index >= 15 is 0 Å². The van der Waals surface area contributed by atoms with Crippen LogP contribution in [-0.2, 0) is 49.3 Å².